The molecule has 3 fully saturated rings. The summed E-state index contributed by atoms with van der Waals surface area (Å²) < 4.78 is 1.02. The molecular formula is C27H26ClN3O2S. The van der Waals surface area contributed by atoms with Crippen LogP contribution in [0.5, 0.6) is 0 Å². The summed E-state index contributed by atoms with van der Waals surface area (Å²) >= 11 is 8.06. The summed E-state index contributed by atoms with van der Waals surface area (Å²) in [6.07, 6.45) is 8.03. The van der Waals surface area contributed by atoms with Crippen molar-refractivity contribution < 1.29 is 9.59 Å². The van der Waals surface area contributed by atoms with E-state index >= 15 is 0 Å². The molecule has 2 atom stereocenters. The van der Waals surface area contributed by atoms with Gasteiger partial charge < -0.3 is 5.73 Å². The summed E-state index contributed by atoms with van der Waals surface area (Å²) in [5.41, 5.74) is 11.0. The lowest BCUT2D eigenvalue weighted by Crippen LogP contribution is -2.35. The molecule has 3 heterocycles. The van der Waals surface area contributed by atoms with E-state index in [1.54, 1.807) is 17.5 Å². The Hall–Kier alpha value is -2.54. The van der Waals surface area contributed by atoms with Crippen LogP contribution in [0.3, 0.4) is 0 Å². The van der Waals surface area contributed by atoms with E-state index in [2.05, 4.69) is 24.1 Å². The van der Waals surface area contributed by atoms with Crippen molar-refractivity contribution in [1.82, 2.24) is 9.88 Å². The number of nitrogens with zero attached hydrogens (tertiary/aromatic N) is 2. The number of likely N-dealkylation sites (tertiary alicyclic amines) is 1. The smallest absolute Gasteiger partial charge is 0.234 e. The zero-order valence-corrected chi connectivity index (χ0v) is 21.0. The van der Waals surface area contributed by atoms with Gasteiger partial charge in [0, 0.05) is 27.2 Å². The highest BCUT2D eigenvalue weighted by Crippen LogP contribution is 2.63. The molecule has 1 saturated heterocycles. The SMILES string of the molecule is Cc1cc(Cl)cc(-c2ccnc3cc(CN4C(=O)C5C(C4=O)C5(C)C)sc23)c1/C=C/C1(N)CC1. The Morgan fingerprint density at radius 3 is 2.56 bits per heavy atom. The summed E-state index contributed by atoms with van der Waals surface area (Å²) in [4.78, 5) is 32.6. The van der Waals surface area contributed by atoms with Gasteiger partial charge in [0.2, 0.25) is 11.8 Å². The number of benzene rings is 1. The van der Waals surface area contributed by atoms with Crippen LogP contribution in [0.15, 0.2) is 36.5 Å². The average Bonchev–Trinajstić information content (AvgIpc) is 3.52. The van der Waals surface area contributed by atoms with Crippen LogP contribution >= 0.6 is 22.9 Å². The van der Waals surface area contributed by atoms with E-state index in [0.717, 1.165) is 50.2 Å². The van der Waals surface area contributed by atoms with Crippen molar-refractivity contribution in [1.29, 1.82) is 0 Å². The minimum absolute atomic E-state index is 0.0423. The van der Waals surface area contributed by atoms with Gasteiger partial charge in [-0.3, -0.25) is 19.5 Å². The van der Waals surface area contributed by atoms with Crippen molar-refractivity contribution in [2.24, 2.45) is 23.0 Å². The van der Waals surface area contributed by atoms with E-state index < -0.39 is 0 Å². The van der Waals surface area contributed by atoms with Gasteiger partial charge in [-0.25, -0.2) is 0 Å². The van der Waals surface area contributed by atoms with Crippen LogP contribution in [0.1, 0.15) is 42.7 Å². The maximum Gasteiger partial charge on any atom is 0.234 e. The first-order chi connectivity index (χ1) is 16.1. The number of fused-ring (bicyclic) bond motifs is 2. The van der Waals surface area contributed by atoms with Crippen molar-refractivity contribution in [2.75, 3.05) is 0 Å². The Kier molecular flexibility index (Phi) is 4.67. The molecule has 2 amide bonds. The molecule has 174 valence electrons. The van der Waals surface area contributed by atoms with E-state index in [1.807, 2.05) is 38.1 Å². The van der Waals surface area contributed by atoms with Crippen molar-refractivity contribution in [3.05, 3.63) is 57.6 Å². The lowest BCUT2D eigenvalue weighted by molar-refractivity contribution is -0.143. The van der Waals surface area contributed by atoms with Crippen LogP contribution in [0.2, 0.25) is 5.02 Å². The lowest BCUT2D eigenvalue weighted by Gasteiger charge is -2.19. The van der Waals surface area contributed by atoms with Gasteiger partial charge in [-0.1, -0.05) is 37.6 Å². The number of halogens is 1. The Morgan fingerprint density at radius 2 is 1.88 bits per heavy atom. The van der Waals surface area contributed by atoms with Crippen molar-refractivity contribution in [2.45, 2.75) is 45.7 Å². The zero-order chi connectivity index (χ0) is 24.0. The molecule has 3 aromatic rings. The number of piperidine rings is 1. The zero-order valence-electron chi connectivity index (χ0n) is 19.4. The molecule has 1 aliphatic heterocycles. The second kappa shape index (κ2) is 7.23. The van der Waals surface area contributed by atoms with Crippen molar-refractivity contribution in [3.8, 4) is 11.1 Å². The molecule has 0 spiro atoms. The number of nitrogens with two attached hydrogens (primary N) is 1. The van der Waals surface area contributed by atoms with E-state index in [-0.39, 0.29) is 34.6 Å². The molecular weight excluding hydrogens is 466 g/mol. The molecule has 0 radical (unpaired) electrons. The standard InChI is InChI=1S/C27H26ClN3O2S/c1-14-10-15(28)11-19(17(14)4-6-27(29)7-8-27)18-5-9-30-20-12-16(34-23(18)20)13-31-24(32)21-22(25(31)33)26(21,2)3/h4-6,9-12,21-22H,7-8,13,29H2,1-3H3/b6-4+. The van der Waals surface area contributed by atoms with Gasteiger partial charge in [-0.2, -0.15) is 0 Å². The van der Waals surface area contributed by atoms with Gasteiger partial charge in [-0.15, -0.1) is 11.3 Å². The normalized spacial score (nSPS) is 24.3. The largest absolute Gasteiger partial charge is 0.322 e. The molecule has 2 saturated carbocycles. The van der Waals surface area contributed by atoms with Gasteiger partial charge in [0.15, 0.2) is 0 Å². The Balaban J connectivity index is 1.38. The molecule has 7 heteroatoms. The molecule has 3 aliphatic rings. The summed E-state index contributed by atoms with van der Waals surface area (Å²) in [7, 11) is 0. The molecule has 6 rings (SSSR count). The minimum atomic E-state index is -0.198. The second-order valence-electron chi connectivity index (χ2n) is 10.6. The highest BCUT2D eigenvalue weighted by molar-refractivity contribution is 7.19. The molecule has 2 aliphatic carbocycles. The number of hydrogen-bond acceptors (Lipinski definition) is 5. The van der Waals surface area contributed by atoms with Crippen LogP contribution in [-0.2, 0) is 16.1 Å². The summed E-state index contributed by atoms with van der Waals surface area (Å²) in [6.45, 7) is 6.36. The topological polar surface area (TPSA) is 76.3 Å². The van der Waals surface area contributed by atoms with Crippen LogP contribution in [0, 0.1) is 24.2 Å². The highest BCUT2D eigenvalue weighted by Gasteiger charge is 2.72. The maximum atomic E-state index is 12.8. The third-order valence-electron chi connectivity index (χ3n) is 7.72. The van der Waals surface area contributed by atoms with Gasteiger partial charge >= 0.3 is 0 Å². The molecule has 1 aromatic carbocycles. The third kappa shape index (κ3) is 3.35. The highest BCUT2D eigenvalue weighted by atomic mass is 35.5. The number of carbonyl (C=O) groups excluding carboxylic acids is 2. The molecule has 5 nitrogen and oxygen atoms in total. The maximum absolute atomic E-state index is 12.8. The van der Waals surface area contributed by atoms with Crippen LogP contribution < -0.4 is 5.73 Å². The van der Waals surface area contributed by atoms with Crippen LogP contribution in [0.25, 0.3) is 27.4 Å². The molecule has 0 bridgehead atoms. The predicted octanol–water partition coefficient (Wildman–Crippen LogP) is 5.57. The fraction of sp³-hybridized carbons (Fsp3) is 0.370. The monoisotopic (exact) mass is 491 g/mol. The Morgan fingerprint density at radius 1 is 1.18 bits per heavy atom. The first kappa shape index (κ1) is 22.0. The number of pyridine rings is 1. The molecule has 2 unspecified atom stereocenters. The molecule has 34 heavy (non-hydrogen) atoms. The Labute approximate surface area is 207 Å². The summed E-state index contributed by atoms with van der Waals surface area (Å²) in [5.74, 6) is -0.410. The minimum Gasteiger partial charge on any atom is -0.322 e. The van der Waals surface area contributed by atoms with E-state index in [0.29, 0.717) is 11.6 Å². The van der Waals surface area contributed by atoms with Gasteiger partial charge in [0.25, 0.3) is 0 Å². The lowest BCUT2D eigenvalue weighted by atomic mass is 9.95. The Bertz CT molecular complexity index is 1390. The summed E-state index contributed by atoms with van der Waals surface area (Å²) in [6, 6.07) is 7.95. The van der Waals surface area contributed by atoms with Crippen LogP contribution in [-0.4, -0.2) is 27.2 Å². The number of imide groups is 1. The number of hydrogen-bond donors (Lipinski definition) is 1. The molecule has 2 N–H and O–H groups in total. The summed E-state index contributed by atoms with van der Waals surface area (Å²) in [5, 5.41) is 0.676. The van der Waals surface area contributed by atoms with Gasteiger partial charge in [0.05, 0.1) is 28.6 Å². The first-order valence-corrected chi connectivity index (χ1v) is 12.8. The number of aromatic nitrogens is 1. The average molecular weight is 492 g/mol. The third-order valence-corrected chi connectivity index (χ3v) is 9.08. The van der Waals surface area contributed by atoms with E-state index in [9.17, 15) is 9.59 Å². The fourth-order valence-electron chi connectivity index (χ4n) is 5.35. The first-order valence-electron chi connectivity index (χ1n) is 11.6. The number of rotatable bonds is 5. The van der Waals surface area contributed by atoms with E-state index in [1.165, 1.54) is 4.90 Å². The predicted molar refractivity (Wildman–Crippen MR) is 136 cm³/mol. The quantitative estimate of drug-likeness (QED) is 0.473. The van der Waals surface area contributed by atoms with Crippen molar-refractivity contribution >= 4 is 51.0 Å². The number of aryl methyl sites for hydroxylation is 1. The second-order valence-corrected chi connectivity index (χ2v) is 12.1. The number of thiophene rings is 1. The number of carbonyl (C=O) groups is 2. The van der Waals surface area contributed by atoms with E-state index in [4.69, 9.17) is 17.3 Å². The number of amides is 2. The van der Waals surface area contributed by atoms with Crippen molar-refractivity contribution in [3.63, 3.8) is 0 Å². The van der Waals surface area contributed by atoms with Gasteiger partial charge in [0.1, 0.15) is 0 Å². The van der Waals surface area contributed by atoms with Gasteiger partial charge in [-0.05, 0) is 66.1 Å². The fourth-order valence-corrected chi connectivity index (χ4v) is 6.76. The molecule has 2 aromatic heterocycles. The van der Waals surface area contributed by atoms with Crippen LogP contribution in [0.4, 0.5) is 0 Å².